The van der Waals surface area contributed by atoms with Crippen molar-refractivity contribution in [1.82, 2.24) is 10.3 Å². The zero-order valence-electron chi connectivity index (χ0n) is 16.4. The van der Waals surface area contributed by atoms with Gasteiger partial charge in [0.2, 0.25) is 5.78 Å². The van der Waals surface area contributed by atoms with Crippen LogP contribution in [0.15, 0.2) is 78.9 Å². The van der Waals surface area contributed by atoms with Gasteiger partial charge in [0.15, 0.2) is 5.01 Å². The summed E-state index contributed by atoms with van der Waals surface area (Å²) in [6.07, 6.45) is 8.82. The van der Waals surface area contributed by atoms with Gasteiger partial charge in [-0.05, 0) is 36.5 Å². The first-order chi connectivity index (χ1) is 14.7. The van der Waals surface area contributed by atoms with E-state index in [9.17, 15) is 9.59 Å². The molecular formula is C24H22N2O3S. The molecule has 0 saturated heterocycles. The number of nitrogens with one attached hydrogen (secondary N) is 1. The summed E-state index contributed by atoms with van der Waals surface area (Å²) in [5, 5.41) is 3.18. The van der Waals surface area contributed by atoms with E-state index < -0.39 is 12.1 Å². The van der Waals surface area contributed by atoms with Crippen LogP contribution in [-0.2, 0) is 11.3 Å². The van der Waals surface area contributed by atoms with Crippen LogP contribution in [0.2, 0.25) is 0 Å². The lowest BCUT2D eigenvalue weighted by Crippen LogP contribution is -2.42. The second kappa shape index (κ2) is 9.50. The molecular weight excluding hydrogens is 396 g/mol. The minimum absolute atomic E-state index is 0.154. The van der Waals surface area contributed by atoms with Gasteiger partial charge < -0.3 is 10.1 Å². The summed E-state index contributed by atoms with van der Waals surface area (Å²) in [4.78, 5) is 30.1. The number of aromatic nitrogens is 1. The number of ketones is 1. The summed E-state index contributed by atoms with van der Waals surface area (Å²) in [7, 11) is 0. The lowest BCUT2D eigenvalue weighted by atomic mass is 9.92. The van der Waals surface area contributed by atoms with Crippen molar-refractivity contribution in [2.75, 3.05) is 0 Å². The van der Waals surface area contributed by atoms with Gasteiger partial charge in [-0.1, -0.05) is 66.8 Å². The molecule has 1 aliphatic carbocycles. The van der Waals surface area contributed by atoms with Crippen LogP contribution in [-0.4, -0.2) is 22.9 Å². The maximum atomic E-state index is 13.2. The monoisotopic (exact) mass is 418 g/mol. The Kier molecular flexibility index (Phi) is 6.35. The van der Waals surface area contributed by atoms with Crippen LogP contribution in [0.1, 0.15) is 28.2 Å². The van der Waals surface area contributed by atoms with Gasteiger partial charge in [0.1, 0.15) is 6.61 Å². The first-order valence-electron chi connectivity index (χ1n) is 9.89. The van der Waals surface area contributed by atoms with Crippen molar-refractivity contribution >= 4 is 33.4 Å². The van der Waals surface area contributed by atoms with E-state index in [1.165, 1.54) is 11.3 Å². The Morgan fingerprint density at radius 3 is 2.67 bits per heavy atom. The van der Waals surface area contributed by atoms with Crippen molar-refractivity contribution < 1.29 is 14.3 Å². The van der Waals surface area contributed by atoms with Gasteiger partial charge in [-0.15, -0.1) is 11.3 Å². The third kappa shape index (κ3) is 5.02. The van der Waals surface area contributed by atoms with E-state index in [1.807, 2.05) is 66.7 Å². The summed E-state index contributed by atoms with van der Waals surface area (Å²) in [6.45, 7) is 0.154. The zero-order valence-corrected chi connectivity index (χ0v) is 17.2. The molecule has 1 aromatic heterocycles. The lowest BCUT2D eigenvalue weighted by Gasteiger charge is -2.21. The number of hydrogen-bond donors (Lipinski definition) is 1. The molecule has 1 N–H and O–H groups in total. The number of carbonyl (C=O) groups is 2. The SMILES string of the molecule is O=C(N[C@@H](CC1C=CC=CC1)C(=O)c1nc2ccccc2s1)OCc1ccccc1. The van der Waals surface area contributed by atoms with Crippen LogP contribution < -0.4 is 5.32 Å². The third-order valence-electron chi connectivity index (χ3n) is 4.93. The largest absolute Gasteiger partial charge is 0.445 e. The van der Waals surface area contributed by atoms with Gasteiger partial charge in [0.05, 0.1) is 16.3 Å². The fourth-order valence-electron chi connectivity index (χ4n) is 3.37. The predicted octanol–water partition coefficient (Wildman–Crippen LogP) is 5.30. The van der Waals surface area contributed by atoms with Crippen LogP contribution in [0.4, 0.5) is 4.79 Å². The van der Waals surface area contributed by atoms with E-state index in [-0.39, 0.29) is 18.3 Å². The van der Waals surface area contributed by atoms with Crippen molar-refractivity contribution in [3.63, 3.8) is 0 Å². The first kappa shape index (κ1) is 20.0. The van der Waals surface area contributed by atoms with Crippen LogP contribution >= 0.6 is 11.3 Å². The Morgan fingerprint density at radius 1 is 1.10 bits per heavy atom. The smallest absolute Gasteiger partial charge is 0.408 e. The minimum atomic E-state index is -0.699. The molecule has 0 fully saturated rings. The number of alkyl carbamates (subject to hydrolysis) is 1. The average Bonchev–Trinajstić information content (AvgIpc) is 3.22. The van der Waals surface area contributed by atoms with E-state index in [2.05, 4.69) is 22.5 Å². The predicted molar refractivity (Wildman–Crippen MR) is 119 cm³/mol. The molecule has 1 amide bonds. The number of allylic oxidation sites excluding steroid dienone is 4. The number of hydrogen-bond acceptors (Lipinski definition) is 5. The van der Waals surface area contributed by atoms with Crippen molar-refractivity contribution in [1.29, 1.82) is 0 Å². The van der Waals surface area contributed by atoms with Crippen molar-refractivity contribution in [3.8, 4) is 0 Å². The van der Waals surface area contributed by atoms with Crippen molar-refractivity contribution in [2.24, 2.45) is 5.92 Å². The molecule has 2 aromatic carbocycles. The minimum Gasteiger partial charge on any atom is -0.445 e. The highest BCUT2D eigenvalue weighted by atomic mass is 32.1. The highest BCUT2D eigenvalue weighted by molar-refractivity contribution is 7.20. The normalized spacial score (nSPS) is 16.3. The number of benzene rings is 2. The van der Waals surface area contributed by atoms with E-state index in [4.69, 9.17) is 4.74 Å². The second-order valence-corrected chi connectivity index (χ2v) is 8.18. The van der Waals surface area contributed by atoms with E-state index >= 15 is 0 Å². The molecule has 3 aromatic rings. The molecule has 152 valence electrons. The third-order valence-corrected chi connectivity index (χ3v) is 5.98. The summed E-state index contributed by atoms with van der Waals surface area (Å²) in [5.74, 6) is -0.0106. The van der Waals surface area contributed by atoms with Crippen LogP contribution in [0.25, 0.3) is 10.2 Å². The van der Waals surface area contributed by atoms with Gasteiger partial charge >= 0.3 is 6.09 Å². The van der Waals surface area contributed by atoms with Crippen LogP contribution in [0.5, 0.6) is 0 Å². The van der Waals surface area contributed by atoms with Gasteiger partial charge in [0, 0.05) is 0 Å². The molecule has 6 heteroatoms. The Balaban J connectivity index is 1.48. The summed E-state index contributed by atoms with van der Waals surface area (Å²) in [5.41, 5.74) is 1.68. The fraction of sp³-hybridized carbons (Fsp3) is 0.208. The van der Waals surface area contributed by atoms with Crippen LogP contribution in [0.3, 0.4) is 0 Å². The topological polar surface area (TPSA) is 68.3 Å². The highest BCUT2D eigenvalue weighted by Gasteiger charge is 2.28. The van der Waals surface area contributed by atoms with E-state index in [0.29, 0.717) is 11.4 Å². The number of nitrogens with zero attached hydrogens (tertiary/aromatic N) is 1. The molecule has 1 unspecified atom stereocenters. The Bertz CT molecular complexity index is 1060. The number of ether oxygens (including phenoxy) is 1. The standard InChI is InChI=1S/C24H22N2O3S/c27-22(23-25-19-13-7-8-14-21(19)30-23)20(15-17-9-3-1-4-10-17)26-24(28)29-16-18-11-5-2-6-12-18/h1-9,11-14,17,20H,10,15-16H2,(H,26,28)/t17?,20-/m0/s1. The van der Waals surface area contributed by atoms with Crippen molar-refractivity contribution in [3.05, 3.63) is 89.5 Å². The fourth-order valence-corrected chi connectivity index (χ4v) is 4.33. The number of rotatable bonds is 7. The summed E-state index contributed by atoms with van der Waals surface area (Å²) < 4.78 is 6.29. The molecule has 0 spiro atoms. The van der Waals surface area contributed by atoms with Gasteiger partial charge in [-0.25, -0.2) is 9.78 Å². The molecule has 30 heavy (non-hydrogen) atoms. The maximum absolute atomic E-state index is 13.2. The molecule has 2 atom stereocenters. The van der Waals surface area contributed by atoms with Crippen molar-refractivity contribution in [2.45, 2.75) is 25.5 Å². The summed E-state index contributed by atoms with van der Waals surface area (Å²) in [6, 6.07) is 16.4. The highest BCUT2D eigenvalue weighted by Crippen LogP contribution is 2.25. The summed E-state index contributed by atoms with van der Waals surface area (Å²) >= 11 is 1.35. The number of amides is 1. The molecule has 0 radical (unpaired) electrons. The van der Waals surface area contributed by atoms with Gasteiger partial charge in [-0.2, -0.15) is 0 Å². The first-order valence-corrected chi connectivity index (χ1v) is 10.7. The number of thiazole rings is 1. The number of Topliss-reactive ketones (excluding diaryl/α,β-unsaturated/α-hetero) is 1. The number of para-hydroxylation sites is 1. The van der Waals surface area contributed by atoms with Gasteiger partial charge in [-0.3, -0.25) is 4.79 Å². The number of fused-ring (bicyclic) bond motifs is 1. The lowest BCUT2D eigenvalue weighted by molar-refractivity contribution is 0.0903. The molecule has 0 bridgehead atoms. The molecule has 0 saturated carbocycles. The zero-order chi connectivity index (χ0) is 20.8. The molecule has 1 heterocycles. The molecule has 0 aliphatic heterocycles. The van der Waals surface area contributed by atoms with Crippen LogP contribution in [0, 0.1) is 5.92 Å². The Hall–Kier alpha value is -3.25. The Morgan fingerprint density at radius 2 is 1.90 bits per heavy atom. The van der Waals surface area contributed by atoms with E-state index in [1.54, 1.807) is 0 Å². The second-order valence-electron chi connectivity index (χ2n) is 7.15. The van der Waals surface area contributed by atoms with E-state index in [0.717, 1.165) is 22.2 Å². The van der Waals surface area contributed by atoms with Gasteiger partial charge in [0.25, 0.3) is 0 Å². The maximum Gasteiger partial charge on any atom is 0.408 e. The molecule has 1 aliphatic rings. The Labute approximate surface area is 179 Å². The molecule has 4 rings (SSSR count). The quantitative estimate of drug-likeness (QED) is 0.529. The number of carbonyl (C=O) groups excluding carboxylic acids is 2. The molecule has 5 nitrogen and oxygen atoms in total. The average molecular weight is 419 g/mol.